The summed E-state index contributed by atoms with van der Waals surface area (Å²) >= 11 is 3.12. The highest BCUT2D eigenvalue weighted by atomic mass is 79.9. The summed E-state index contributed by atoms with van der Waals surface area (Å²) in [6, 6.07) is 4.61. The molecule has 0 radical (unpaired) electrons. The van der Waals surface area contributed by atoms with Gasteiger partial charge >= 0.3 is 0 Å². The van der Waals surface area contributed by atoms with Crippen molar-refractivity contribution in [2.75, 3.05) is 5.32 Å². The lowest BCUT2D eigenvalue weighted by atomic mass is 10.2. The molecule has 1 N–H and O–H groups in total. The van der Waals surface area contributed by atoms with Crippen LogP contribution in [0.3, 0.4) is 0 Å². The number of alkyl halides is 1. The SMILES string of the molecule is Cc1ccc(NC(=O)C(C)Br)cc1F. The van der Waals surface area contributed by atoms with E-state index < -0.39 is 0 Å². The summed E-state index contributed by atoms with van der Waals surface area (Å²) in [5, 5.41) is 2.58. The molecule has 14 heavy (non-hydrogen) atoms. The predicted octanol–water partition coefficient (Wildman–Crippen LogP) is 2.86. The molecule has 0 fully saturated rings. The molecule has 1 atom stereocenters. The first kappa shape index (κ1) is 11.2. The molecule has 1 unspecified atom stereocenters. The van der Waals surface area contributed by atoms with E-state index in [1.807, 2.05) is 0 Å². The van der Waals surface area contributed by atoms with Crippen LogP contribution in [0.2, 0.25) is 0 Å². The Morgan fingerprint density at radius 3 is 2.71 bits per heavy atom. The van der Waals surface area contributed by atoms with Crippen molar-refractivity contribution in [2.24, 2.45) is 0 Å². The number of nitrogens with one attached hydrogen (secondary N) is 1. The van der Waals surface area contributed by atoms with Gasteiger partial charge in [-0.3, -0.25) is 4.79 Å². The van der Waals surface area contributed by atoms with E-state index in [1.165, 1.54) is 6.07 Å². The minimum Gasteiger partial charge on any atom is -0.325 e. The van der Waals surface area contributed by atoms with Crippen molar-refractivity contribution in [3.05, 3.63) is 29.6 Å². The van der Waals surface area contributed by atoms with E-state index in [1.54, 1.807) is 26.0 Å². The fourth-order valence-electron chi connectivity index (χ4n) is 0.912. The third-order valence-electron chi connectivity index (χ3n) is 1.80. The van der Waals surface area contributed by atoms with Gasteiger partial charge in [-0.15, -0.1) is 0 Å². The van der Waals surface area contributed by atoms with E-state index in [0.717, 1.165) is 0 Å². The van der Waals surface area contributed by atoms with E-state index in [0.29, 0.717) is 11.3 Å². The summed E-state index contributed by atoms with van der Waals surface area (Å²) < 4.78 is 13.1. The second-order valence-electron chi connectivity index (χ2n) is 3.07. The Bertz CT molecular complexity index is 352. The van der Waals surface area contributed by atoms with Crippen LogP contribution in [0.4, 0.5) is 10.1 Å². The summed E-state index contributed by atoms with van der Waals surface area (Å²) in [4.78, 5) is 10.9. The van der Waals surface area contributed by atoms with Crippen LogP contribution < -0.4 is 5.32 Å². The molecule has 0 aliphatic carbocycles. The molecule has 1 aromatic rings. The fourth-order valence-corrected chi connectivity index (χ4v) is 1.03. The van der Waals surface area contributed by atoms with E-state index in [9.17, 15) is 9.18 Å². The lowest BCUT2D eigenvalue weighted by Gasteiger charge is -2.07. The third-order valence-corrected chi connectivity index (χ3v) is 2.22. The number of aryl methyl sites for hydroxylation is 1. The topological polar surface area (TPSA) is 29.1 Å². The summed E-state index contributed by atoms with van der Waals surface area (Å²) in [6.07, 6.45) is 0. The number of rotatable bonds is 2. The Kier molecular flexibility index (Phi) is 3.63. The molecule has 76 valence electrons. The third kappa shape index (κ3) is 2.80. The van der Waals surface area contributed by atoms with Gasteiger partial charge in [0.2, 0.25) is 5.91 Å². The maximum Gasteiger partial charge on any atom is 0.237 e. The molecular weight excluding hydrogens is 249 g/mol. The molecule has 0 bridgehead atoms. The summed E-state index contributed by atoms with van der Waals surface area (Å²) in [5.41, 5.74) is 1.04. The molecule has 1 amide bonds. The molecule has 0 spiro atoms. The van der Waals surface area contributed by atoms with Crippen LogP contribution in [0, 0.1) is 12.7 Å². The second kappa shape index (κ2) is 4.55. The van der Waals surface area contributed by atoms with Crippen LogP contribution >= 0.6 is 15.9 Å². The zero-order valence-corrected chi connectivity index (χ0v) is 9.56. The Balaban J connectivity index is 2.78. The summed E-state index contributed by atoms with van der Waals surface area (Å²) in [7, 11) is 0. The lowest BCUT2D eigenvalue weighted by Crippen LogP contribution is -2.19. The fraction of sp³-hybridized carbons (Fsp3) is 0.300. The first-order valence-corrected chi connectivity index (χ1v) is 5.13. The molecule has 0 aromatic heterocycles. The molecule has 0 saturated carbocycles. The van der Waals surface area contributed by atoms with Crippen LogP contribution in [-0.2, 0) is 4.79 Å². The van der Waals surface area contributed by atoms with E-state index >= 15 is 0 Å². The van der Waals surface area contributed by atoms with Crippen molar-refractivity contribution in [3.8, 4) is 0 Å². The minimum atomic E-state index is -0.315. The van der Waals surface area contributed by atoms with Crippen molar-refractivity contribution in [3.63, 3.8) is 0 Å². The molecule has 1 aromatic carbocycles. The maximum absolute atomic E-state index is 13.1. The average Bonchev–Trinajstić information content (AvgIpc) is 2.11. The van der Waals surface area contributed by atoms with Gasteiger partial charge in [0, 0.05) is 5.69 Å². The first-order chi connectivity index (χ1) is 6.50. The number of carbonyl (C=O) groups is 1. The van der Waals surface area contributed by atoms with E-state index in [2.05, 4.69) is 21.2 Å². The average molecular weight is 260 g/mol. The number of anilines is 1. The number of hydrogen-bond donors (Lipinski definition) is 1. The number of hydrogen-bond acceptors (Lipinski definition) is 1. The van der Waals surface area contributed by atoms with Crippen molar-refractivity contribution >= 4 is 27.5 Å². The van der Waals surface area contributed by atoms with Crippen molar-refractivity contribution in [2.45, 2.75) is 18.7 Å². The van der Waals surface area contributed by atoms with Crippen LogP contribution in [-0.4, -0.2) is 10.7 Å². The molecule has 1 rings (SSSR count). The van der Waals surface area contributed by atoms with E-state index in [-0.39, 0.29) is 16.6 Å². The zero-order chi connectivity index (χ0) is 10.7. The van der Waals surface area contributed by atoms with Gasteiger partial charge in [0.25, 0.3) is 0 Å². The minimum absolute atomic E-state index is 0.187. The first-order valence-electron chi connectivity index (χ1n) is 4.22. The van der Waals surface area contributed by atoms with Gasteiger partial charge in [0.05, 0.1) is 4.83 Å². The maximum atomic E-state index is 13.1. The molecule has 0 aliphatic heterocycles. The van der Waals surface area contributed by atoms with Gasteiger partial charge in [-0.25, -0.2) is 4.39 Å². The number of carbonyl (C=O) groups excluding carboxylic acids is 1. The van der Waals surface area contributed by atoms with E-state index in [4.69, 9.17) is 0 Å². The quantitative estimate of drug-likeness (QED) is 0.814. The lowest BCUT2D eigenvalue weighted by molar-refractivity contribution is -0.115. The highest BCUT2D eigenvalue weighted by Gasteiger charge is 2.09. The zero-order valence-electron chi connectivity index (χ0n) is 7.97. The van der Waals surface area contributed by atoms with Gasteiger partial charge in [-0.05, 0) is 31.5 Å². The molecular formula is C10H11BrFNO. The smallest absolute Gasteiger partial charge is 0.237 e. The Morgan fingerprint density at radius 2 is 2.21 bits per heavy atom. The van der Waals surface area contributed by atoms with Gasteiger partial charge in [0.15, 0.2) is 0 Å². The number of amides is 1. The summed E-state index contributed by atoms with van der Waals surface area (Å²) in [6.45, 7) is 3.38. The Morgan fingerprint density at radius 1 is 1.57 bits per heavy atom. The molecule has 0 saturated heterocycles. The van der Waals surface area contributed by atoms with Crippen LogP contribution in [0.15, 0.2) is 18.2 Å². The standard InChI is InChI=1S/C10H11BrFNO/c1-6-3-4-8(5-9(6)12)13-10(14)7(2)11/h3-5,7H,1-2H3,(H,13,14). The number of benzene rings is 1. The number of halogens is 2. The molecule has 2 nitrogen and oxygen atoms in total. The van der Waals surface area contributed by atoms with Crippen molar-refractivity contribution in [1.29, 1.82) is 0 Å². The van der Waals surface area contributed by atoms with Crippen LogP contribution in [0.25, 0.3) is 0 Å². The van der Waals surface area contributed by atoms with Gasteiger partial charge in [-0.2, -0.15) is 0 Å². The normalized spacial score (nSPS) is 12.3. The van der Waals surface area contributed by atoms with Crippen LogP contribution in [0.1, 0.15) is 12.5 Å². The Hall–Kier alpha value is -0.900. The van der Waals surface area contributed by atoms with Gasteiger partial charge in [0.1, 0.15) is 5.82 Å². The van der Waals surface area contributed by atoms with Gasteiger partial charge in [-0.1, -0.05) is 22.0 Å². The molecule has 4 heteroatoms. The molecule has 0 heterocycles. The largest absolute Gasteiger partial charge is 0.325 e. The molecule has 0 aliphatic rings. The highest BCUT2D eigenvalue weighted by molar-refractivity contribution is 9.10. The second-order valence-corrected chi connectivity index (χ2v) is 4.44. The monoisotopic (exact) mass is 259 g/mol. The predicted molar refractivity (Wildman–Crippen MR) is 58.2 cm³/mol. The Labute approximate surface area is 90.6 Å². The van der Waals surface area contributed by atoms with Crippen molar-refractivity contribution in [1.82, 2.24) is 0 Å². The summed E-state index contributed by atoms with van der Waals surface area (Å²) in [5.74, 6) is -0.502. The highest BCUT2D eigenvalue weighted by Crippen LogP contribution is 2.14. The van der Waals surface area contributed by atoms with Crippen molar-refractivity contribution < 1.29 is 9.18 Å². The van der Waals surface area contributed by atoms with Crippen LogP contribution in [0.5, 0.6) is 0 Å². The van der Waals surface area contributed by atoms with Gasteiger partial charge < -0.3 is 5.32 Å².